The van der Waals surface area contributed by atoms with Gasteiger partial charge in [-0.1, -0.05) is 15.9 Å². The van der Waals surface area contributed by atoms with E-state index in [-0.39, 0.29) is 24.8 Å². The summed E-state index contributed by atoms with van der Waals surface area (Å²) < 4.78 is 5.48. The maximum Gasteiger partial charge on any atom is 0.311 e. The molecule has 2 amide bonds. The Morgan fingerprint density at radius 1 is 1.35 bits per heavy atom. The van der Waals surface area contributed by atoms with E-state index in [0.717, 1.165) is 9.48 Å². The van der Waals surface area contributed by atoms with E-state index < -0.39 is 11.9 Å². The Balaban J connectivity index is 2.14. The quantitative estimate of drug-likeness (QED) is 0.818. The lowest BCUT2D eigenvalue weighted by Gasteiger charge is -2.31. The van der Waals surface area contributed by atoms with Crippen molar-refractivity contribution in [1.82, 2.24) is 10.4 Å². The number of nitrogens with one attached hydrogen (secondary N) is 1. The molecular formula is C13H13BrN2O4. The number of methoxy groups -OCH3 is 1. The second-order valence-electron chi connectivity index (χ2n) is 4.38. The summed E-state index contributed by atoms with van der Waals surface area (Å²) in [6, 6.07) is 6.74. The van der Waals surface area contributed by atoms with Gasteiger partial charge in [0.2, 0.25) is 5.91 Å². The molecular weight excluding hydrogens is 328 g/mol. The summed E-state index contributed by atoms with van der Waals surface area (Å²) in [5.74, 6) is -1.86. The van der Waals surface area contributed by atoms with Gasteiger partial charge < -0.3 is 4.74 Å². The van der Waals surface area contributed by atoms with Gasteiger partial charge in [0.25, 0.3) is 5.91 Å². The molecule has 1 aromatic carbocycles. The molecule has 1 saturated heterocycles. The van der Waals surface area contributed by atoms with Gasteiger partial charge in [0.05, 0.1) is 19.6 Å². The van der Waals surface area contributed by atoms with Crippen LogP contribution < -0.4 is 5.43 Å². The van der Waals surface area contributed by atoms with Crippen LogP contribution >= 0.6 is 15.9 Å². The predicted molar refractivity (Wildman–Crippen MR) is 73.4 cm³/mol. The van der Waals surface area contributed by atoms with Crippen LogP contribution in [0.1, 0.15) is 16.8 Å². The normalized spacial score (nSPS) is 18.4. The molecule has 1 aliphatic heterocycles. The fraction of sp³-hybridized carbons (Fsp3) is 0.308. The van der Waals surface area contributed by atoms with Crippen molar-refractivity contribution in [3.63, 3.8) is 0 Å². The summed E-state index contributed by atoms with van der Waals surface area (Å²) in [6.45, 7) is 0.104. The van der Waals surface area contributed by atoms with Crippen molar-refractivity contribution in [1.29, 1.82) is 0 Å². The number of carbonyl (C=O) groups is 3. The summed E-state index contributed by atoms with van der Waals surface area (Å²) in [5, 5.41) is 1.15. The van der Waals surface area contributed by atoms with Crippen LogP contribution in [0.4, 0.5) is 0 Å². The second kappa shape index (κ2) is 6.04. The highest BCUT2D eigenvalue weighted by Gasteiger charge is 2.33. The SMILES string of the molecule is COC(=O)C1CC(=O)NN(C(=O)c2ccc(Br)cc2)C1. The zero-order valence-corrected chi connectivity index (χ0v) is 12.3. The zero-order chi connectivity index (χ0) is 14.7. The molecule has 106 valence electrons. The third-order valence-electron chi connectivity index (χ3n) is 2.97. The number of amides is 2. The van der Waals surface area contributed by atoms with Crippen LogP contribution in [0.15, 0.2) is 28.7 Å². The highest BCUT2D eigenvalue weighted by molar-refractivity contribution is 9.10. The van der Waals surface area contributed by atoms with Crippen LogP contribution in [-0.2, 0) is 14.3 Å². The number of hydrogen-bond acceptors (Lipinski definition) is 4. The maximum absolute atomic E-state index is 12.3. The van der Waals surface area contributed by atoms with Gasteiger partial charge in [0.15, 0.2) is 0 Å². The number of benzene rings is 1. The molecule has 1 atom stereocenters. The largest absolute Gasteiger partial charge is 0.469 e. The van der Waals surface area contributed by atoms with E-state index in [1.165, 1.54) is 7.11 Å². The number of rotatable bonds is 2. The molecule has 0 bridgehead atoms. The lowest BCUT2D eigenvalue weighted by atomic mass is 10.0. The van der Waals surface area contributed by atoms with Crippen molar-refractivity contribution in [2.75, 3.05) is 13.7 Å². The lowest BCUT2D eigenvalue weighted by Crippen LogP contribution is -2.54. The van der Waals surface area contributed by atoms with E-state index in [2.05, 4.69) is 26.1 Å². The molecule has 20 heavy (non-hydrogen) atoms. The molecule has 1 unspecified atom stereocenters. The van der Waals surface area contributed by atoms with Crippen LogP contribution in [0.25, 0.3) is 0 Å². The van der Waals surface area contributed by atoms with Gasteiger partial charge in [-0.05, 0) is 24.3 Å². The molecule has 1 aromatic rings. The van der Waals surface area contributed by atoms with Gasteiger partial charge in [0, 0.05) is 16.5 Å². The minimum Gasteiger partial charge on any atom is -0.469 e. The van der Waals surface area contributed by atoms with Crippen LogP contribution in [0.2, 0.25) is 0 Å². The molecule has 0 radical (unpaired) electrons. The standard InChI is InChI=1S/C13H13BrN2O4/c1-20-13(19)9-6-11(17)15-16(7-9)12(18)8-2-4-10(14)5-3-8/h2-5,9H,6-7H2,1H3,(H,15,17). The smallest absolute Gasteiger partial charge is 0.311 e. The maximum atomic E-state index is 12.3. The number of ether oxygens (including phenoxy) is 1. The van der Waals surface area contributed by atoms with Crippen molar-refractivity contribution in [2.45, 2.75) is 6.42 Å². The van der Waals surface area contributed by atoms with Gasteiger partial charge >= 0.3 is 5.97 Å². The first-order chi connectivity index (χ1) is 9.51. The van der Waals surface area contributed by atoms with Crippen molar-refractivity contribution >= 4 is 33.7 Å². The molecule has 0 aliphatic carbocycles. The first kappa shape index (κ1) is 14.5. The average Bonchev–Trinajstić information content (AvgIpc) is 2.45. The Kier molecular flexibility index (Phi) is 4.39. The van der Waals surface area contributed by atoms with Gasteiger partial charge in [-0.15, -0.1) is 0 Å². The first-order valence-electron chi connectivity index (χ1n) is 5.96. The topological polar surface area (TPSA) is 75.7 Å². The Hall–Kier alpha value is -1.89. The van der Waals surface area contributed by atoms with E-state index in [4.69, 9.17) is 0 Å². The van der Waals surface area contributed by atoms with Crippen LogP contribution in [0.3, 0.4) is 0 Å². The fourth-order valence-corrected chi connectivity index (χ4v) is 2.22. The Bertz CT molecular complexity index is 544. The zero-order valence-electron chi connectivity index (χ0n) is 10.8. The molecule has 0 spiro atoms. The molecule has 1 heterocycles. The Labute approximate surface area is 124 Å². The van der Waals surface area contributed by atoms with Crippen molar-refractivity contribution in [3.05, 3.63) is 34.3 Å². The molecule has 1 N–H and O–H groups in total. The van der Waals surface area contributed by atoms with Gasteiger partial charge in [-0.3, -0.25) is 19.8 Å². The number of halogens is 1. The van der Waals surface area contributed by atoms with E-state index in [9.17, 15) is 14.4 Å². The average molecular weight is 341 g/mol. The predicted octanol–water partition coefficient (Wildman–Crippen LogP) is 1.12. The van der Waals surface area contributed by atoms with Gasteiger partial charge in [-0.2, -0.15) is 0 Å². The Morgan fingerprint density at radius 3 is 2.60 bits per heavy atom. The summed E-state index contributed by atoms with van der Waals surface area (Å²) >= 11 is 3.28. The minimum absolute atomic E-state index is 0.0246. The molecule has 0 aromatic heterocycles. The molecule has 6 nitrogen and oxygen atoms in total. The number of hydrogen-bond donors (Lipinski definition) is 1. The highest BCUT2D eigenvalue weighted by Crippen LogP contribution is 2.16. The fourth-order valence-electron chi connectivity index (χ4n) is 1.96. The third-order valence-corrected chi connectivity index (χ3v) is 3.49. The Morgan fingerprint density at radius 2 is 2.00 bits per heavy atom. The molecule has 1 fully saturated rings. The third kappa shape index (κ3) is 3.16. The van der Waals surface area contributed by atoms with E-state index in [0.29, 0.717) is 5.56 Å². The van der Waals surface area contributed by atoms with E-state index in [1.807, 2.05) is 0 Å². The monoisotopic (exact) mass is 340 g/mol. The van der Waals surface area contributed by atoms with Crippen LogP contribution in [0, 0.1) is 5.92 Å². The van der Waals surface area contributed by atoms with Crippen molar-refractivity contribution in [3.8, 4) is 0 Å². The van der Waals surface area contributed by atoms with Gasteiger partial charge in [-0.25, -0.2) is 5.01 Å². The summed E-state index contributed by atoms with van der Waals surface area (Å²) in [4.78, 5) is 35.3. The minimum atomic E-state index is -0.631. The summed E-state index contributed by atoms with van der Waals surface area (Å²) in [7, 11) is 1.26. The molecule has 2 rings (SSSR count). The lowest BCUT2D eigenvalue weighted by molar-refractivity contribution is -0.151. The number of nitrogens with zero attached hydrogens (tertiary/aromatic N) is 1. The number of esters is 1. The van der Waals surface area contributed by atoms with Crippen LogP contribution in [-0.4, -0.2) is 36.4 Å². The number of carbonyl (C=O) groups excluding carboxylic acids is 3. The first-order valence-corrected chi connectivity index (χ1v) is 6.75. The molecule has 0 saturated carbocycles. The molecule has 7 heteroatoms. The van der Waals surface area contributed by atoms with Crippen molar-refractivity contribution in [2.24, 2.45) is 5.92 Å². The summed E-state index contributed by atoms with van der Waals surface area (Å²) in [5.41, 5.74) is 2.89. The van der Waals surface area contributed by atoms with Crippen LogP contribution in [0.5, 0.6) is 0 Å². The molecule has 1 aliphatic rings. The second-order valence-corrected chi connectivity index (χ2v) is 5.30. The number of hydrazine groups is 1. The van der Waals surface area contributed by atoms with E-state index in [1.54, 1.807) is 24.3 Å². The highest BCUT2D eigenvalue weighted by atomic mass is 79.9. The van der Waals surface area contributed by atoms with E-state index >= 15 is 0 Å². The van der Waals surface area contributed by atoms with Crippen molar-refractivity contribution < 1.29 is 19.1 Å². The van der Waals surface area contributed by atoms with Gasteiger partial charge in [0.1, 0.15) is 0 Å². The summed E-state index contributed by atoms with van der Waals surface area (Å²) in [6.07, 6.45) is 0.0246.